The number of aromatic nitrogens is 3. The number of amides is 1. The maximum absolute atomic E-state index is 15.0. The highest BCUT2D eigenvalue weighted by atomic mass is 19.1. The zero-order valence-electron chi connectivity index (χ0n) is 23.5. The van der Waals surface area contributed by atoms with E-state index >= 15 is 0 Å². The van der Waals surface area contributed by atoms with E-state index in [1.165, 1.54) is 18.2 Å². The summed E-state index contributed by atoms with van der Waals surface area (Å²) >= 11 is 0. The van der Waals surface area contributed by atoms with Crippen LogP contribution in [0.25, 0.3) is 34.1 Å². The molecule has 0 aliphatic heterocycles. The number of pyridine rings is 1. The van der Waals surface area contributed by atoms with E-state index < -0.39 is 42.1 Å². The maximum Gasteiger partial charge on any atom is 0.256 e. The number of aryl methyl sites for hydroxylation is 1. The Morgan fingerprint density at radius 2 is 1.77 bits per heavy atom. The number of nitrogens with zero attached hydrogens (tertiary/aromatic N) is 3. The number of aliphatic hydroxyl groups excluding tert-OH is 2. The largest absolute Gasteiger partial charge is 0.394 e. The molecule has 0 bridgehead atoms. The van der Waals surface area contributed by atoms with E-state index in [2.05, 4.69) is 20.6 Å². The predicted molar refractivity (Wildman–Crippen MR) is 164 cm³/mol. The number of aliphatic hydroxyl groups is 2. The molecule has 0 radical (unpaired) electrons. The minimum absolute atomic E-state index is 0.100. The number of para-hydroxylation sites is 1. The lowest BCUT2D eigenvalue weighted by Crippen LogP contribution is -2.29. The molecule has 0 fully saturated rings. The molecular weight excluding hydrogens is 568 g/mol. The molecule has 0 saturated carbocycles. The molecule has 9 nitrogen and oxygen atoms in total. The average molecular weight is 596 g/mol. The number of hydrogen-bond acceptors (Lipinski definition) is 7. The van der Waals surface area contributed by atoms with Gasteiger partial charge in [0.05, 0.1) is 24.9 Å². The Morgan fingerprint density at radius 3 is 2.52 bits per heavy atom. The van der Waals surface area contributed by atoms with Gasteiger partial charge in [-0.05, 0) is 72.5 Å². The van der Waals surface area contributed by atoms with Gasteiger partial charge in [0.1, 0.15) is 17.3 Å². The number of carbonyl (C=O) groups is 1. The van der Waals surface area contributed by atoms with Gasteiger partial charge < -0.3 is 20.8 Å². The molecule has 1 aliphatic rings. The first-order valence-electron chi connectivity index (χ1n) is 13.9. The van der Waals surface area contributed by atoms with Crippen LogP contribution in [0.5, 0.6) is 0 Å². The van der Waals surface area contributed by atoms with Gasteiger partial charge in [-0.1, -0.05) is 30.4 Å². The van der Waals surface area contributed by atoms with E-state index in [0.29, 0.717) is 22.2 Å². The second kappa shape index (κ2) is 11.8. The SMILES string of the molecule is Cc1ccc(NC(=O)c2ccc3c(c2)C=CC3)cc1-c1nc(NC(CO)CO)nc2c1ccc(=O)n2-c1c(F)cccc1F. The molecule has 44 heavy (non-hydrogen) atoms. The standard InChI is InChI=1S/C33H27F2N5O4/c1-18-8-11-22(36-32(44)21-10-9-19-4-2-5-20(19)14-21)15-25(18)29-24-12-13-28(43)40(30-26(34)6-3-7-27(30)35)31(24)39-33(38-29)37-23(16-41)17-42/h2-3,5-15,23,41-42H,4,16-17H2,1H3,(H,36,44)(H,37,38,39). The third kappa shape index (κ3) is 5.34. The Hall–Kier alpha value is -5.26. The van der Waals surface area contributed by atoms with Crippen molar-refractivity contribution < 1.29 is 23.8 Å². The molecule has 222 valence electrons. The molecule has 1 amide bonds. The summed E-state index contributed by atoms with van der Waals surface area (Å²) < 4.78 is 30.8. The second-order valence-corrected chi connectivity index (χ2v) is 10.4. The van der Waals surface area contributed by atoms with Crippen LogP contribution in [-0.2, 0) is 6.42 Å². The molecule has 6 rings (SSSR count). The first-order chi connectivity index (χ1) is 21.3. The highest BCUT2D eigenvalue weighted by Gasteiger charge is 2.22. The molecule has 2 aromatic heterocycles. The van der Waals surface area contributed by atoms with Crippen LogP contribution < -0.4 is 16.2 Å². The molecular formula is C33H27F2N5O4. The predicted octanol–water partition coefficient (Wildman–Crippen LogP) is 4.62. The Balaban J connectivity index is 1.51. The number of nitrogens with one attached hydrogen (secondary N) is 2. The summed E-state index contributed by atoms with van der Waals surface area (Å²) in [6.07, 6.45) is 4.85. The fourth-order valence-electron chi connectivity index (χ4n) is 5.18. The summed E-state index contributed by atoms with van der Waals surface area (Å²) in [4.78, 5) is 35.3. The van der Waals surface area contributed by atoms with Crippen molar-refractivity contribution in [3.63, 3.8) is 0 Å². The smallest absolute Gasteiger partial charge is 0.256 e. The zero-order valence-corrected chi connectivity index (χ0v) is 23.5. The summed E-state index contributed by atoms with van der Waals surface area (Å²) in [5.41, 5.74) is 3.22. The highest BCUT2D eigenvalue weighted by molar-refractivity contribution is 6.05. The molecule has 0 saturated heterocycles. The van der Waals surface area contributed by atoms with Crippen LogP contribution in [0.4, 0.5) is 20.4 Å². The van der Waals surface area contributed by atoms with Crippen LogP contribution in [-0.4, -0.2) is 49.9 Å². The topological polar surface area (TPSA) is 129 Å². The van der Waals surface area contributed by atoms with Gasteiger partial charge in [-0.25, -0.2) is 13.8 Å². The number of allylic oxidation sites excluding steroid dienone is 1. The summed E-state index contributed by atoms with van der Waals surface area (Å²) in [6, 6.07) is 15.8. The van der Waals surface area contributed by atoms with Crippen LogP contribution in [0.1, 0.15) is 27.0 Å². The van der Waals surface area contributed by atoms with Crippen molar-refractivity contribution in [3.8, 4) is 16.9 Å². The van der Waals surface area contributed by atoms with E-state index in [9.17, 15) is 28.6 Å². The minimum atomic E-state index is -0.971. The number of rotatable bonds is 8. The van der Waals surface area contributed by atoms with Crippen molar-refractivity contribution in [2.24, 2.45) is 0 Å². The summed E-state index contributed by atoms with van der Waals surface area (Å²) in [7, 11) is 0. The third-order valence-electron chi connectivity index (χ3n) is 7.48. The average Bonchev–Trinajstić information content (AvgIpc) is 3.49. The summed E-state index contributed by atoms with van der Waals surface area (Å²) in [5, 5.41) is 25.4. The lowest BCUT2D eigenvalue weighted by molar-refractivity contribution is 0.102. The fraction of sp³-hybridized carbons (Fsp3) is 0.152. The van der Waals surface area contributed by atoms with Crippen molar-refractivity contribution in [1.29, 1.82) is 0 Å². The second-order valence-electron chi connectivity index (χ2n) is 10.4. The zero-order chi connectivity index (χ0) is 31.0. The van der Waals surface area contributed by atoms with Crippen molar-refractivity contribution in [2.45, 2.75) is 19.4 Å². The van der Waals surface area contributed by atoms with Crippen LogP contribution in [0.15, 0.2) is 77.6 Å². The quantitative estimate of drug-likeness (QED) is 0.206. The molecule has 3 aromatic carbocycles. The van der Waals surface area contributed by atoms with Crippen LogP contribution in [0.2, 0.25) is 0 Å². The summed E-state index contributed by atoms with van der Waals surface area (Å²) in [5.74, 6) is -2.35. The molecule has 0 spiro atoms. The van der Waals surface area contributed by atoms with Crippen molar-refractivity contribution in [2.75, 3.05) is 23.8 Å². The van der Waals surface area contributed by atoms with Crippen LogP contribution in [0.3, 0.4) is 0 Å². The first kappa shape index (κ1) is 28.8. The first-order valence-corrected chi connectivity index (χ1v) is 13.9. The van der Waals surface area contributed by atoms with Crippen LogP contribution in [0, 0.1) is 18.6 Å². The van der Waals surface area contributed by atoms with Crippen molar-refractivity contribution in [3.05, 3.63) is 117 Å². The monoisotopic (exact) mass is 595 g/mol. The Kier molecular flexibility index (Phi) is 7.73. The van der Waals surface area contributed by atoms with E-state index in [0.717, 1.165) is 39.8 Å². The lowest BCUT2D eigenvalue weighted by Gasteiger charge is -2.18. The molecule has 5 aromatic rings. The number of carbonyl (C=O) groups excluding carboxylic acids is 1. The molecule has 1 aliphatic carbocycles. The van der Waals surface area contributed by atoms with E-state index in [1.807, 2.05) is 31.2 Å². The maximum atomic E-state index is 15.0. The van der Waals surface area contributed by atoms with Gasteiger partial charge >= 0.3 is 0 Å². The Bertz CT molecular complexity index is 2000. The normalized spacial score (nSPS) is 12.1. The van der Waals surface area contributed by atoms with Gasteiger partial charge in [-0.2, -0.15) is 4.98 Å². The fourth-order valence-corrected chi connectivity index (χ4v) is 5.18. The Morgan fingerprint density at radius 1 is 1.00 bits per heavy atom. The van der Waals surface area contributed by atoms with Crippen molar-refractivity contribution in [1.82, 2.24) is 14.5 Å². The molecule has 4 N–H and O–H groups in total. The third-order valence-corrected chi connectivity index (χ3v) is 7.48. The number of fused-ring (bicyclic) bond motifs is 2. The van der Waals surface area contributed by atoms with E-state index in [1.54, 1.807) is 24.3 Å². The highest BCUT2D eigenvalue weighted by Crippen LogP contribution is 2.33. The van der Waals surface area contributed by atoms with Gasteiger partial charge in [0, 0.05) is 28.3 Å². The number of halogens is 2. The molecule has 0 unspecified atom stereocenters. The number of benzene rings is 3. The van der Waals surface area contributed by atoms with Crippen molar-refractivity contribution >= 4 is 34.7 Å². The van der Waals surface area contributed by atoms with Gasteiger partial charge in [0.15, 0.2) is 5.65 Å². The Labute approximate surface area is 250 Å². The van der Waals surface area contributed by atoms with Crippen LogP contribution >= 0.6 is 0 Å². The van der Waals surface area contributed by atoms with Gasteiger partial charge in [0.2, 0.25) is 5.95 Å². The van der Waals surface area contributed by atoms with E-state index in [-0.39, 0.29) is 23.2 Å². The minimum Gasteiger partial charge on any atom is -0.394 e. The number of anilines is 2. The van der Waals surface area contributed by atoms with Gasteiger partial charge in [0.25, 0.3) is 11.5 Å². The summed E-state index contributed by atoms with van der Waals surface area (Å²) in [6.45, 7) is 0.900. The van der Waals surface area contributed by atoms with E-state index in [4.69, 9.17) is 0 Å². The molecule has 0 atom stereocenters. The molecule has 2 heterocycles. The lowest BCUT2D eigenvalue weighted by atomic mass is 10.0. The number of hydrogen-bond donors (Lipinski definition) is 4. The molecule has 11 heteroatoms. The van der Waals surface area contributed by atoms with Gasteiger partial charge in [-0.15, -0.1) is 0 Å². The van der Waals surface area contributed by atoms with Gasteiger partial charge in [-0.3, -0.25) is 14.2 Å².